The van der Waals surface area contributed by atoms with Crippen LogP contribution in [0.2, 0.25) is 0 Å². The van der Waals surface area contributed by atoms with Gasteiger partial charge in [0.2, 0.25) is 0 Å². The lowest BCUT2D eigenvalue weighted by Crippen LogP contribution is -2.37. The second kappa shape index (κ2) is 7.24. The minimum Gasteiger partial charge on any atom is -0.294 e. The van der Waals surface area contributed by atoms with Gasteiger partial charge >= 0.3 is 10.2 Å². The third-order valence-corrected chi connectivity index (χ3v) is 6.95. The minimum absolute atomic E-state index is 0.131. The SMILES string of the molecule is O=C(c1ccc(S(=O)(=O)F)cc1)C1C=c2c(ccc3c2=CCc2ccc(F)cc2-3)CC1. The zero-order valence-corrected chi connectivity index (χ0v) is 17.3. The normalized spacial score (nSPS) is 16.9. The summed E-state index contributed by atoms with van der Waals surface area (Å²) < 4.78 is 49.0. The van der Waals surface area contributed by atoms with E-state index in [2.05, 4.69) is 6.08 Å². The average Bonchev–Trinajstić information content (AvgIpc) is 2.77. The molecule has 3 aromatic carbocycles. The Hall–Kier alpha value is -3.12. The van der Waals surface area contributed by atoms with E-state index in [4.69, 9.17) is 0 Å². The number of carbonyl (C=O) groups is 1. The Morgan fingerprint density at radius 1 is 0.903 bits per heavy atom. The molecule has 156 valence electrons. The molecule has 31 heavy (non-hydrogen) atoms. The van der Waals surface area contributed by atoms with Gasteiger partial charge in [-0.15, -0.1) is 3.89 Å². The van der Waals surface area contributed by atoms with Crippen LogP contribution in [-0.4, -0.2) is 14.2 Å². The molecule has 0 amide bonds. The Morgan fingerprint density at radius 3 is 2.39 bits per heavy atom. The summed E-state index contributed by atoms with van der Waals surface area (Å²) in [7, 11) is -4.80. The van der Waals surface area contributed by atoms with Crippen molar-refractivity contribution in [1.29, 1.82) is 0 Å². The molecule has 2 aliphatic carbocycles. The van der Waals surface area contributed by atoms with E-state index in [0.29, 0.717) is 18.4 Å². The summed E-state index contributed by atoms with van der Waals surface area (Å²) in [5.41, 5.74) is 4.41. The highest BCUT2D eigenvalue weighted by Crippen LogP contribution is 2.27. The maximum Gasteiger partial charge on any atom is 0.332 e. The van der Waals surface area contributed by atoms with Crippen LogP contribution in [0, 0.1) is 11.7 Å². The number of ketones is 1. The Kier molecular flexibility index (Phi) is 4.63. The first-order valence-electron chi connectivity index (χ1n) is 10.0. The number of carbonyl (C=O) groups excluding carboxylic acids is 1. The highest BCUT2D eigenvalue weighted by Gasteiger charge is 2.23. The number of hydrogen-bond donors (Lipinski definition) is 0. The first kappa shape index (κ1) is 19.8. The molecule has 0 heterocycles. The number of hydrogen-bond acceptors (Lipinski definition) is 3. The molecular formula is C25H18F2O3S. The zero-order chi connectivity index (χ0) is 21.8. The van der Waals surface area contributed by atoms with Gasteiger partial charge < -0.3 is 0 Å². The second-order valence-corrected chi connectivity index (χ2v) is 9.29. The molecule has 5 rings (SSSR count). The fourth-order valence-electron chi connectivity index (χ4n) is 4.54. The minimum atomic E-state index is -4.80. The van der Waals surface area contributed by atoms with Crippen LogP contribution in [0.5, 0.6) is 0 Å². The first-order chi connectivity index (χ1) is 14.8. The van der Waals surface area contributed by atoms with Gasteiger partial charge in [-0.3, -0.25) is 4.79 Å². The van der Waals surface area contributed by atoms with E-state index < -0.39 is 15.1 Å². The Balaban J connectivity index is 1.57. The van der Waals surface area contributed by atoms with Gasteiger partial charge in [0.1, 0.15) is 5.82 Å². The van der Waals surface area contributed by atoms with E-state index in [1.54, 1.807) is 12.1 Å². The fourth-order valence-corrected chi connectivity index (χ4v) is 5.00. The topological polar surface area (TPSA) is 51.2 Å². The Labute approximate surface area is 178 Å². The lowest BCUT2D eigenvalue weighted by atomic mass is 9.82. The van der Waals surface area contributed by atoms with Crippen molar-refractivity contribution in [2.45, 2.75) is 24.2 Å². The second-order valence-electron chi connectivity index (χ2n) is 7.95. The third-order valence-electron chi connectivity index (χ3n) is 6.12. The summed E-state index contributed by atoms with van der Waals surface area (Å²) >= 11 is 0. The molecule has 3 nitrogen and oxygen atoms in total. The molecule has 0 N–H and O–H groups in total. The fraction of sp³-hybridized carbons (Fsp3) is 0.160. The summed E-state index contributed by atoms with van der Waals surface area (Å²) in [6.45, 7) is 0. The van der Waals surface area contributed by atoms with Gasteiger partial charge in [-0.1, -0.05) is 42.5 Å². The summed E-state index contributed by atoms with van der Waals surface area (Å²) in [5.74, 6) is -0.775. The predicted molar refractivity (Wildman–Crippen MR) is 115 cm³/mol. The van der Waals surface area contributed by atoms with Crippen molar-refractivity contribution in [3.63, 3.8) is 0 Å². The van der Waals surface area contributed by atoms with Crippen molar-refractivity contribution in [1.82, 2.24) is 0 Å². The quantitative estimate of drug-likeness (QED) is 0.465. The van der Waals surface area contributed by atoms with E-state index in [0.717, 1.165) is 51.2 Å². The molecule has 0 saturated carbocycles. The van der Waals surface area contributed by atoms with Crippen molar-refractivity contribution in [3.8, 4) is 11.1 Å². The van der Waals surface area contributed by atoms with E-state index in [1.807, 2.05) is 18.2 Å². The van der Waals surface area contributed by atoms with Crippen LogP contribution in [0.3, 0.4) is 0 Å². The molecule has 0 radical (unpaired) electrons. The van der Waals surface area contributed by atoms with Gasteiger partial charge in [0.05, 0.1) is 4.90 Å². The summed E-state index contributed by atoms with van der Waals surface area (Å²) in [6, 6.07) is 13.8. The van der Waals surface area contributed by atoms with Crippen molar-refractivity contribution in [3.05, 3.63) is 87.5 Å². The van der Waals surface area contributed by atoms with Crippen LogP contribution in [-0.2, 0) is 23.1 Å². The number of rotatable bonds is 3. The van der Waals surface area contributed by atoms with E-state index in [1.165, 1.54) is 18.2 Å². The van der Waals surface area contributed by atoms with Crippen LogP contribution in [0.4, 0.5) is 8.28 Å². The zero-order valence-electron chi connectivity index (χ0n) is 16.4. The van der Waals surface area contributed by atoms with Crippen molar-refractivity contribution < 1.29 is 21.5 Å². The van der Waals surface area contributed by atoms with Crippen LogP contribution >= 0.6 is 0 Å². The van der Waals surface area contributed by atoms with Crippen molar-refractivity contribution in [2.24, 2.45) is 5.92 Å². The Bertz CT molecular complexity index is 1460. The largest absolute Gasteiger partial charge is 0.332 e. The molecule has 0 bridgehead atoms. The van der Waals surface area contributed by atoms with Crippen molar-refractivity contribution >= 4 is 28.2 Å². The maximum atomic E-state index is 13.9. The van der Waals surface area contributed by atoms with Crippen LogP contribution in [0.1, 0.15) is 27.9 Å². The lowest BCUT2D eigenvalue weighted by molar-refractivity contribution is 0.0946. The highest BCUT2D eigenvalue weighted by atomic mass is 32.3. The van der Waals surface area contributed by atoms with Crippen LogP contribution < -0.4 is 10.4 Å². The van der Waals surface area contributed by atoms with Gasteiger partial charge in [-0.25, -0.2) is 4.39 Å². The highest BCUT2D eigenvalue weighted by molar-refractivity contribution is 7.86. The number of benzene rings is 3. The summed E-state index contributed by atoms with van der Waals surface area (Å²) in [4.78, 5) is 12.6. The number of aryl methyl sites for hydroxylation is 1. The van der Waals surface area contributed by atoms with E-state index in [-0.39, 0.29) is 17.5 Å². The summed E-state index contributed by atoms with van der Waals surface area (Å²) in [5, 5.41) is 2.02. The van der Waals surface area contributed by atoms with Crippen LogP contribution in [0.15, 0.2) is 59.5 Å². The molecule has 1 atom stereocenters. The van der Waals surface area contributed by atoms with Gasteiger partial charge in [-0.2, -0.15) is 8.42 Å². The Morgan fingerprint density at radius 2 is 1.65 bits per heavy atom. The number of fused-ring (bicyclic) bond motifs is 5. The standard InChI is InChI=1S/C25H18F2O3S/c26-19-8-3-16-7-11-21-22(24(16)14-19)12-6-15-1-2-18(13-23(15)21)25(28)17-4-9-20(10-5-17)31(27,29)30/h3-6,8-14,18H,1-2,7H2. The summed E-state index contributed by atoms with van der Waals surface area (Å²) in [6.07, 6.45) is 6.15. The van der Waals surface area contributed by atoms with E-state index in [9.17, 15) is 21.5 Å². The molecule has 3 aromatic rings. The van der Waals surface area contributed by atoms with Crippen molar-refractivity contribution in [2.75, 3.05) is 0 Å². The van der Waals surface area contributed by atoms with Gasteiger partial charge in [0, 0.05) is 11.5 Å². The smallest absolute Gasteiger partial charge is 0.294 e. The first-order valence-corrected chi connectivity index (χ1v) is 11.4. The van der Waals surface area contributed by atoms with Gasteiger partial charge in [-0.05, 0) is 76.2 Å². The van der Waals surface area contributed by atoms with Gasteiger partial charge in [0.25, 0.3) is 0 Å². The molecule has 0 fully saturated rings. The van der Waals surface area contributed by atoms with E-state index >= 15 is 0 Å². The average molecular weight is 436 g/mol. The molecule has 0 aliphatic heterocycles. The maximum absolute atomic E-state index is 13.9. The predicted octanol–water partition coefficient (Wildman–Crippen LogP) is 3.71. The molecule has 1 unspecified atom stereocenters. The molecule has 2 aliphatic rings. The molecule has 0 saturated heterocycles. The molecule has 0 spiro atoms. The lowest BCUT2D eigenvalue weighted by Gasteiger charge is -2.21. The number of halogens is 2. The monoisotopic (exact) mass is 436 g/mol. The molecular weight excluding hydrogens is 418 g/mol. The molecule has 0 aromatic heterocycles. The molecule has 6 heteroatoms. The van der Waals surface area contributed by atoms with Crippen LogP contribution in [0.25, 0.3) is 23.3 Å². The van der Waals surface area contributed by atoms with Gasteiger partial charge in [0.15, 0.2) is 5.78 Å². The third kappa shape index (κ3) is 3.51. The number of Topliss-reactive ketones (excluding diaryl/α,β-unsaturated/α-hetero) is 1.